The molecule has 1 fully saturated rings. The van der Waals surface area contributed by atoms with Gasteiger partial charge in [0.15, 0.2) is 0 Å². The zero-order chi connectivity index (χ0) is 13.2. The van der Waals surface area contributed by atoms with Crippen LogP contribution < -0.4 is 10.6 Å². The highest BCUT2D eigenvalue weighted by atomic mass is 35.5. The van der Waals surface area contributed by atoms with Gasteiger partial charge in [0.25, 0.3) is 0 Å². The summed E-state index contributed by atoms with van der Waals surface area (Å²) in [5.41, 5.74) is 0.746. The zero-order valence-electron chi connectivity index (χ0n) is 10.2. The molecule has 18 heavy (non-hydrogen) atoms. The third-order valence-corrected chi connectivity index (χ3v) is 3.27. The molecule has 0 bridgehead atoms. The minimum Gasteiger partial charge on any atom is -0.392 e. The number of hydrogen-bond acceptors (Lipinski definition) is 2. The zero-order valence-corrected chi connectivity index (χ0v) is 11.0. The lowest BCUT2D eigenvalue weighted by Crippen LogP contribution is -2.44. The quantitative estimate of drug-likeness (QED) is 0.782. The Hall–Kier alpha value is -1.26. The van der Waals surface area contributed by atoms with Crippen LogP contribution in [0.25, 0.3) is 0 Å². The number of carbonyl (C=O) groups excluding carboxylic acids is 1. The van der Waals surface area contributed by atoms with Crippen LogP contribution in [0, 0.1) is 0 Å². The maximum Gasteiger partial charge on any atom is 0.315 e. The number of aliphatic hydroxyl groups is 1. The normalized spacial score (nSPS) is 17.9. The molecule has 0 aliphatic heterocycles. The highest BCUT2D eigenvalue weighted by Gasteiger charge is 2.45. The standard InChI is InChI=1S/C13H17ClN2O2/c1-9(17)8-15-12(18)16-13(5-6-13)10-3-2-4-11(14)7-10/h2-4,7,9,17H,5-6,8H2,1H3,(H2,15,16,18). The van der Waals surface area contributed by atoms with Gasteiger partial charge in [0.2, 0.25) is 0 Å². The van der Waals surface area contributed by atoms with Gasteiger partial charge in [-0.1, -0.05) is 23.7 Å². The van der Waals surface area contributed by atoms with E-state index in [-0.39, 0.29) is 18.1 Å². The minimum atomic E-state index is -0.544. The lowest BCUT2D eigenvalue weighted by atomic mass is 10.1. The highest BCUT2D eigenvalue weighted by molar-refractivity contribution is 6.30. The molecule has 1 saturated carbocycles. The van der Waals surface area contributed by atoms with E-state index in [1.54, 1.807) is 6.92 Å². The van der Waals surface area contributed by atoms with E-state index < -0.39 is 6.10 Å². The molecular weight excluding hydrogens is 252 g/mol. The Morgan fingerprint density at radius 2 is 2.28 bits per heavy atom. The maximum absolute atomic E-state index is 11.7. The number of nitrogens with one attached hydrogen (secondary N) is 2. The third-order valence-electron chi connectivity index (χ3n) is 3.04. The Labute approximate surface area is 111 Å². The molecule has 1 unspecified atom stereocenters. The van der Waals surface area contributed by atoms with Crippen LogP contribution in [-0.4, -0.2) is 23.8 Å². The summed E-state index contributed by atoms with van der Waals surface area (Å²) in [6, 6.07) is 7.28. The first kappa shape index (κ1) is 13.2. The van der Waals surface area contributed by atoms with Gasteiger partial charge < -0.3 is 15.7 Å². The second-order valence-electron chi connectivity index (χ2n) is 4.78. The average Bonchev–Trinajstić information content (AvgIpc) is 3.07. The summed E-state index contributed by atoms with van der Waals surface area (Å²) < 4.78 is 0. The predicted molar refractivity (Wildman–Crippen MR) is 70.6 cm³/mol. The molecule has 0 radical (unpaired) electrons. The maximum atomic E-state index is 11.7. The molecule has 2 rings (SSSR count). The fraction of sp³-hybridized carbons (Fsp3) is 0.462. The van der Waals surface area contributed by atoms with Gasteiger partial charge in [0.05, 0.1) is 11.6 Å². The first-order valence-electron chi connectivity index (χ1n) is 6.02. The van der Waals surface area contributed by atoms with Crippen LogP contribution in [0.2, 0.25) is 5.02 Å². The molecular formula is C13H17ClN2O2. The number of hydrogen-bond donors (Lipinski definition) is 3. The van der Waals surface area contributed by atoms with Gasteiger partial charge in [0, 0.05) is 11.6 Å². The molecule has 0 heterocycles. The van der Waals surface area contributed by atoms with E-state index in [2.05, 4.69) is 10.6 Å². The highest BCUT2D eigenvalue weighted by Crippen LogP contribution is 2.45. The molecule has 1 aliphatic carbocycles. The molecule has 0 aromatic heterocycles. The molecule has 3 N–H and O–H groups in total. The van der Waals surface area contributed by atoms with Crippen molar-refractivity contribution in [3.8, 4) is 0 Å². The van der Waals surface area contributed by atoms with Gasteiger partial charge in [-0.05, 0) is 37.5 Å². The summed E-state index contributed by atoms with van der Waals surface area (Å²) in [4.78, 5) is 11.7. The Morgan fingerprint density at radius 1 is 1.56 bits per heavy atom. The number of rotatable bonds is 4. The molecule has 2 amide bonds. The van der Waals surface area contributed by atoms with Crippen molar-refractivity contribution in [2.75, 3.05) is 6.54 Å². The summed E-state index contributed by atoms with van der Waals surface area (Å²) in [7, 11) is 0. The molecule has 98 valence electrons. The number of carbonyl (C=O) groups is 1. The average molecular weight is 269 g/mol. The van der Waals surface area contributed by atoms with Crippen molar-refractivity contribution in [2.24, 2.45) is 0 Å². The van der Waals surface area contributed by atoms with Gasteiger partial charge in [-0.15, -0.1) is 0 Å². The smallest absolute Gasteiger partial charge is 0.315 e. The van der Waals surface area contributed by atoms with E-state index >= 15 is 0 Å². The molecule has 0 spiro atoms. The van der Waals surface area contributed by atoms with Crippen LogP contribution in [0.4, 0.5) is 4.79 Å². The van der Waals surface area contributed by atoms with Crippen molar-refractivity contribution >= 4 is 17.6 Å². The van der Waals surface area contributed by atoms with Crippen LogP contribution in [0.3, 0.4) is 0 Å². The number of aliphatic hydroxyl groups excluding tert-OH is 1. The second-order valence-corrected chi connectivity index (χ2v) is 5.21. The monoisotopic (exact) mass is 268 g/mol. The number of halogens is 1. The van der Waals surface area contributed by atoms with Crippen LogP contribution >= 0.6 is 11.6 Å². The van der Waals surface area contributed by atoms with Crippen molar-refractivity contribution in [2.45, 2.75) is 31.4 Å². The van der Waals surface area contributed by atoms with Crippen LogP contribution in [0.15, 0.2) is 24.3 Å². The predicted octanol–water partition coefficient (Wildman–Crippen LogP) is 2.01. The van der Waals surface area contributed by atoms with Crippen molar-refractivity contribution < 1.29 is 9.90 Å². The van der Waals surface area contributed by atoms with Crippen molar-refractivity contribution in [3.63, 3.8) is 0 Å². The largest absolute Gasteiger partial charge is 0.392 e. The van der Waals surface area contributed by atoms with E-state index in [1.807, 2.05) is 24.3 Å². The van der Waals surface area contributed by atoms with E-state index in [9.17, 15) is 4.79 Å². The van der Waals surface area contributed by atoms with E-state index in [1.165, 1.54) is 0 Å². The number of amides is 2. The Kier molecular flexibility index (Phi) is 3.78. The number of benzene rings is 1. The van der Waals surface area contributed by atoms with Gasteiger partial charge in [-0.3, -0.25) is 0 Å². The van der Waals surface area contributed by atoms with Crippen LogP contribution in [0.1, 0.15) is 25.3 Å². The third kappa shape index (κ3) is 3.15. The molecule has 5 heteroatoms. The fourth-order valence-electron chi connectivity index (χ4n) is 1.90. The fourth-order valence-corrected chi connectivity index (χ4v) is 2.09. The molecule has 4 nitrogen and oxygen atoms in total. The van der Waals surface area contributed by atoms with Gasteiger partial charge in [-0.25, -0.2) is 4.79 Å². The summed E-state index contributed by atoms with van der Waals surface area (Å²) in [5.74, 6) is 0. The van der Waals surface area contributed by atoms with E-state index in [0.29, 0.717) is 5.02 Å². The Bertz CT molecular complexity index is 444. The summed E-state index contributed by atoms with van der Waals surface area (Å²) in [5, 5.41) is 15.4. The molecule has 1 atom stereocenters. The number of urea groups is 1. The van der Waals surface area contributed by atoms with E-state index in [0.717, 1.165) is 18.4 Å². The lowest BCUT2D eigenvalue weighted by molar-refractivity contribution is 0.186. The van der Waals surface area contributed by atoms with Crippen molar-refractivity contribution in [1.82, 2.24) is 10.6 Å². The van der Waals surface area contributed by atoms with Gasteiger partial charge >= 0.3 is 6.03 Å². The van der Waals surface area contributed by atoms with Crippen LogP contribution in [-0.2, 0) is 5.54 Å². The van der Waals surface area contributed by atoms with Gasteiger partial charge in [-0.2, -0.15) is 0 Å². The lowest BCUT2D eigenvalue weighted by Gasteiger charge is -2.19. The summed E-state index contributed by atoms with van der Waals surface area (Å²) in [6.45, 7) is 1.88. The van der Waals surface area contributed by atoms with Crippen LogP contribution in [0.5, 0.6) is 0 Å². The SMILES string of the molecule is CC(O)CNC(=O)NC1(c2cccc(Cl)c2)CC1. The van der Waals surface area contributed by atoms with E-state index in [4.69, 9.17) is 16.7 Å². The molecule has 1 aromatic carbocycles. The summed E-state index contributed by atoms with van der Waals surface area (Å²) in [6.07, 6.45) is 1.28. The minimum absolute atomic E-state index is 0.247. The molecule has 1 aliphatic rings. The second kappa shape index (κ2) is 5.16. The van der Waals surface area contributed by atoms with Crippen molar-refractivity contribution in [1.29, 1.82) is 0 Å². The molecule has 1 aromatic rings. The topological polar surface area (TPSA) is 61.4 Å². The van der Waals surface area contributed by atoms with Gasteiger partial charge in [0.1, 0.15) is 0 Å². The Balaban J connectivity index is 1.98. The van der Waals surface area contributed by atoms with Crippen molar-refractivity contribution in [3.05, 3.63) is 34.9 Å². The molecule has 0 saturated heterocycles. The Morgan fingerprint density at radius 3 is 2.83 bits per heavy atom. The summed E-state index contributed by atoms with van der Waals surface area (Å²) >= 11 is 5.96. The first-order valence-corrected chi connectivity index (χ1v) is 6.40. The first-order chi connectivity index (χ1) is 8.52.